The number of ether oxygens (including phenoxy) is 1. The van der Waals surface area contributed by atoms with Crippen LogP contribution in [0, 0.1) is 0 Å². The maximum atomic E-state index is 13.0. The van der Waals surface area contributed by atoms with Crippen molar-refractivity contribution in [2.75, 3.05) is 7.11 Å². The van der Waals surface area contributed by atoms with E-state index in [4.69, 9.17) is 9.15 Å². The molecule has 0 N–H and O–H groups in total. The van der Waals surface area contributed by atoms with Gasteiger partial charge in [0.1, 0.15) is 22.3 Å². The average molecular weight is 450 g/mol. The van der Waals surface area contributed by atoms with Crippen molar-refractivity contribution >= 4 is 32.1 Å². The lowest BCUT2D eigenvalue weighted by molar-refractivity contribution is -0.0499. The van der Waals surface area contributed by atoms with Crippen molar-refractivity contribution in [3.05, 3.63) is 70.9 Å². The summed E-state index contributed by atoms with van der Waals surface area (Å²) < 4.78 is 77.7. The van der Waals surface area contributed by atoms with Crippen LogP contribution in [-0.2, 0) is 10.1 Å². The summed E-state index contributed by atoms with van der Waals surface area (Å²) in [5, 5.41) is -0.362. The SMILES string of the molecule is COc1ccccc1-c1cc(OS(=O)(=O)C(F)(F)F)c2c(=O)c3ccccc3oc2c1. The van der Waals surface area contributed by atoms with Gasteiger partial charge in [0.25, 0.3) is 0 Å². The standard InChI is InChI=1S/C21H13F3O6S/c1-28-15-8-4-2-6-13(15)12-10-17-19(18(11-12)30-31(26,27)21(22,23)24)20(25)14-7-3-5-9-16(14)29-17/h2-11H,1H3. The van der Waals surface area contributed by atoms with E-state index in [1.807, 2.05) is 0 Å². The molecular weight excluding hydrogens is 437 g/mol. The lowest BCUT2D eigenvalue weighted by atomic mass is 10.0. The monoisotopic (exact) mass is 450 g/mol. The highest BCUT2D eigenvalue weighted by atomic mass is 32.2. The summed E-state index contributed by atoms with van der Waals surface area (Å²) in [5.41, 5.74) is -5.71. The van der Waals surface area contributed by atoms with Gasteiger partial charge < -0.3 is 13.3 Å². The molecule has 0 saturated carbocycles. The van der Waals surface area contributed by atoms with Gasteiger partial charge >= 0.3 is 15.6 Å². The summed E-state index contributed by atoms with van der Waals surface area (Å²) in [4.78, 5) is 13.0. The summed E-state index contributed by atoms with van der Waals surface area (Å²) in [7, 11) is -4.64. The molecule has 10 heteroatoms. The maximum absolute atomic E-state index is 13.0. The zero-order valence-electron chi connectivity index (χ0n) is 15.8. The van der Waals surface area contributed by atoms with Crippen molar-refractivity contribution in [3.63, 3.8) is 0 Å². The van der Waals surface area contributed by atoms with Gasteiger partial charge in [-0.25, -0.2) is 0 Å². The number of para-hydroxylation sites is 2. The fourth-order valence-corrected chi connectivity index (χ4v) is 3.62. The van der Waals surface area contributed by atoms with Crippen molar-refractivity contribution in [1.82, 2.24) is 0 Å². The van der Waals surface area contributed by atoms with E-state index in [9.17, 15) is 26.4 Å². The lowest BCUT2D eigenvalue weighted by Gasteiger charge is -2.14. The van der Waals surface area contributed by atoms with E-state index in [2.05, 4.69) is 4.18 Å². The average Bonchev–Trinajstić information content (AvgIpc) is 2.72. The Balaban J connectivity index is 2.09. The van der Waals surface area contributed by atoms with Crippen LogP contribution in [0.2, 0.25) is 0 Å². The smallest absolute Gasteiger partial charge is 0.496 e. The molecule has 0 saturated heterocycles. The number of halogens is 3. The quantitative estimate of drug-likeness (QED) is 0.251. The molecule has 1 heterocycles. The molecule has 1 aromatic heterocycles. The molecule has 4 rings (SSSR count). The number of methoxy groups -OCH3 is 1. The minimum atomic E-state index is -6.04. The first-order valence-electron chi connectivity index (χ1n) is 8.76. The molecule has 0 aliphatic carbocycles. The summed E-state index contributed by atoms with van der Waals surface area (Å²) in [6, 6.07) is 15.1. The Hall–Kier alpha value is -3.53. The van der Waals surface area contributed by atoms with Crippen LogP contribution in [0.25, 0.3) is 33.1 Å². The van der Waals surface area contributed by atoms with Crippen molar-refractivity contribution < 1.29 is 34.9 Å². The Morgan fingerprint density at radius 1 is 0.903 bits per heavy atom. The number of fused-ring (bicyclic) bond motifs is 2. The van der Waals surface area contributed by atoms with Crippen molar-refractivity contribution in [2.24, 2.45) is 0 Å². The molecule has 0 spiro atoms. The van der Waals surface area contributed by atoms with E-state index < -0.39 is 32.2 Å². The van der Waals surface area contributed by atoms with Crippen molar-refractivity contribution in [2.45, 2.75) is 5.51 Å². The van der Waals surface area contributed by atoms with Crippen LogP contribution in [0.1, 0.15) is 0 Å². The van der Waals surface area contributed by atoms with Gasteiger partial charge in [0.05, 0.1) is 12.5 Å². The molecule has 0 atom stereocenters. The second kappa shape index (κ2) is 7.31. The first-order valence-corrected chi connectivity index (χ1v) is 10.2. The fraction of sp³-hybridized carbons (Fsp3) is 0.0952. The molecule has 0 amide bonds. The van der Waals surface area contributed by atoms with Crippen LogP contribution in [0.4, 0.5) is 13.2 Å². The molecule has 0 aliphatic rings. The highest BCUT2D eigenvalue weighted by Gasteiger charge is 2.49. The molecule has 3 aromatic carbocycles. The summed E-state index contributed by atoms with van der Waals surface area (Å²) in [6.07, 6.45) is 0. The van der Waals surface area contributed by atoms with E-state index in [-0.39, 0.29) is 22.1 Å². The highest BCUT2D eigenvalue weighted by Crippen LogP contribution is 2.38. The van der Waals surface area contributed by atoms with Crippen LogP contribution in [0.3, 0.4) is 0 Å². The number of benzene rings is 3. The first kappa shape index (κ1) is 20.7. The highest BCUT2D eigenvalue weighted by molar-refractivity contribution is 7.88. The summed E-state index contributed by atoms with van der Waals surface area (Å²) in [6.45, 7) is 0. The Bertz CT molecular complexity index is 1470. The Morgan fingerprint density at radius 2 is 1.58 bits per heavy atom. The Kier molecular flexibility index (Phi) is 4.89. The van der Waals surface area contributed by atoms with Gasteiger partial charge in [-0.2, -0.15) is 21.6 Å². The summed E-state index contributed by atoms with van der Waals surface area (Å²) >= 11 is 0. The molecule has 6 nitrogen and oxygen atoms in total. The van der Waals surface area contributed by atoms with Crippen LogP contribution in [0.5, 0.6) is 11.5 Å². The third-order valence-electron chi connectivity index (χ3n) is 4.55. The molecule has 0 radical (unpaired) electrons. The Morgan fingerprint density at radius 3 is 2.29 bits per heavy atom. The predicted molar refractivity (Wildman–Crippen MR) is 108 cm³/mol. The first-order chi connectivity index (χ1) is 14.6. The second-order valence-electron chi connectivity index (χ2n) is 6.46. The third kappa shape index (κ3) is 3.59. The van der Waals surface area contributed by atoms with Gasteiger partial charge in [-0.1, -0.05) is 30.3 Å². The molecule has 0 unspecified atom stereocenters. The van der Waals surface area contributed by atoms with E-state index in [1.54, 1.807) is 36.4 Å². The van der Waals surface area contributed by atoms with Gasteiger partial charge in [0.2, 0.25) is 5.43 Å². The third-order valence-corrected chi connectivity index (χ3v) is 5.51. The number of hydrogen-bond acceptors (Lipinski definition) is 6. The number of hydrogen-bond donors (Lipinski definition) is 0. The van der Waals surface area contributed by atoms with Gasteiger partial charge in [-0.3, -0.25) is 4.79 Å². The maximum Gasteiger partial charge on any atom is 0.534 e. The minimum Gasteiger partial charge on any atom is -0.496 e. The molecule has 0 fully saturated rings. The van der Waals surface area contributed by atoms with Crippen molar-refractivity contribution in [3.8, 4) is 22.6 Å². The topological polar surface area (TPSA) is 82.8 Å². The van der Waals surface area contributed by atoms with Gasteiger partial charge in [-0.15, -0.1) is 0 Å². The summed E-state index contributed by atoms with van der Waals surface area (Å²) in [5.74, 6) is -0.426. The second-order valence-corrected chi connectivity index (χ2v) is 8.00. The number of rotatable bonds is 4. The zero-order valence-corrected chi connectivity index (χ0v) is 16.6. The zero-order chi connectivity index (χ0) is 22.4. The normalized spacial score (nSPS) is 12.3. The van der Waals surface area contributed by atoms with Gasteiger partial charge in [-0.05, 0) is 35.9 Å². The fourth-order valence-electron chi connectivity index (χ4n) is 3.16. The largest absolute Gasteiger partial charge is 0.534 e. The number of alkyl halides is 3. The predicted octanol–water partition coefficient (Wildman–Crippen LogP) is 4.85. The molecule has 0 bridgehead atoms. The van der Waals surface area contributed by atoms with Gasteiger partial charge in [0, 0.05) is 5.56 Å². The van der Waals surface area contributed by atoms with Gasteiger partial charge in [0.15, 0.2) is 5.75 Å². The van der Waals surface area contributed by atoms with Crippen LogP contribution < -0.4 is 14.3 Å². The molecule has 4 aromatic rings. The van der Waals surface area contributed by atoms with Crippen molar-refractivity contribution in [1.29, 1.82) is 0 Å². The van der Waals surface area contributed by atoms with Crippen LogP contribution in [-0.4, -0.2) is 21.0 Å². The van der Waals surface area contributed by atoms with E-state index in [0.29, 0.717) is 11.3 Å². The van der Waals surface area contributed by atoms with Crippen LogP contribution >= 0.6 is 0 Å². The molecule has 0 aliphatic heterocycles. The van der Waals surface area contributed by atoms with E-state index in [1.165, 1.54) is 25.3 Å². The Labute approximate surface area is 173 Å². The molecular formula is C21H13F3O6S. The van der Waals surface area contributed by atoms with Crippen LogP contribution in [0.15, 0.2) is 69.9 Å². The van der Waals surface area contributed by atoms with E-state index in [0.717, 1.165) is 6.07 Å². The lowest BCUT2D eigenvalue weighted by Crippen LogP contribution is -2.28. The molecule has 31 heavy (non-hydrogen) atoms. The van der Waals surface area contributed by atoms with E-state index >= 15 is 0 Å². The minimum absolute atomic E-state index is 0.0642. The molecule has 160 valence electrons.